The van der Waals surface area contributed by atoms with E-state index in [0.717, 1.165) is 41.1 Å². The molecule has 0 spiro atoms. The number of hydrogen-bond donors (Lipinski definition) is 2. The van der Waals surface area contributed by atoms with Crippen LogP contribution in [-0.2, 0) is 16.0 Å². The van der Waals surface area contributed by atoms with Gasteiger partial charge in [-0.1, -0.05) is 35.9 Å². The van der Waals surface area contributed by atoms with E-state index in [1.165, 1.54) is 5.56 Å². The summed E-state index contributed by atoms with van der Waals surface area (Å²) in [6.07, 6.45) is 2.57. The molecule has 6 nitrogen and oxygen atoms in total. The molecule has 6 heteroatoms. The molecule has 1 aliphatic rings. The van der Waals surface area contributed by atoms with Crippen LogP contribution in [0.2, 0.25) is 0 Å². The van der Waals surface area contributed by atoms with Gasteiger partial charge in [-0.3, -0.25) is 9.59 Å². The molecule has 2 amide bonds. The van der Waals surface area contributed by atoms with Crippen LogP contribution in [-0.4, -0.2) is 24.9 Å². The highest BCUT2D eigenvalue weighted by Gasteiger charge is 2.29. The normalized spacial score (nSPS) is 13.6. The average Bonchev–Trinajstić information content (AvgIpc) is 3.41. The number of aryl methyl sites for hydroxylation is 3. The van der Waals surface area contributed by atoms with Crippen molar-refractivity contribution in [2.24, 2.45) is 0 Å². The van der Waals surface area contributed by atoms with Gasteiger partial charge in [-0.05, 0) is 62.1 Å². The Morgan fingerprint density at radius 3 is 2.48 bits per heavy atom. The molecule has 0 saturated heterocycles. The lowest BCUT2D eigenvalue weighted by molar-refractivity contribution is -0.136. The van der Waals surface area contributed by atoms with E-state index in [2.05, 4.69) is 27.7 Å². The summed E-state index contributed by atoms with van der Waals surface area (Å²) in [4.78, 5) is 27.4. The third-order valence-electron chi connectivity index (χ3n) is 5.75. The van der Waals surface area contributed by atoms with Gasteiger partial charge in [-0.25, -0.2) is 0 Å². The number of para-hydroxylation sites is 1. The summed E-state index contributed by atoms with van der Waals surface area (Å²) in [5.74, 6) is -0.582. The molecule has 0 bridgehead atoms. The van der Waals surface area contributed by atoms with Gasteiger partial charge in [-0.15, -0.1) is 0 Å². The molecular weight excluding hydrogens is 390 g/mol. The number of nitrogens with one attached hydrogen (secondary N) is 2. The van der Waals surface area contributed by atoms with E-state index in [9.17, 15) is 9.59 Å². The standard InChI is InChI=1S/C25H27N3O3/c1-16-13-17(2)23(18(3)14-16)27-25(30)24(29)26-15-21(22-9-6-12-31-22)28-11-10-19-7-4-5-8-20(19)28/h4-9,12-14,21H,10-11,15H2,1-3H3,(H,26,29)(H,27,30)/t21-/m1/s1. The van der Waals surface area contributed by atoms with Crippen molar-refractivity contribution in [1.29, 1.82) is 0 Å². The minimum atomic E-state index is -0.671. The molecule has 4 rings (SSSR count). The average molecular weight is 418 g/mol. The molecule has 0 aliphatic carbocycles. The lowest BCUT2D eigenvalue weighted by Gasteiger charge is -2.29. The minimum Gasteiger partial charge on any atom is -0.467 e. The van der Waals surface area contributed by atoms with Gasteiger partial charge in [-0.2, -0.15) is 0 Å². The number of amides is 2. The van der Waals surface area contributed by atoms with Crippen molar-refractivity contribution in [3.8, 4) is 0 Å². The van der Waals surface area contributed by atoms with Gasteiger partial charge in [0.15, 0.2) is 0 Å². The summed E-state index contributed by atoms with van der Waals surface area (Å²) in [6.45, 7) is 6.94. The minimum absolute atomic E-state index is 0.196. The van der Waals surface area contributed by atoms with Gasteiger partial charge in [0.1, 0.15) is 11.8 Å². The first-order valence-corrected chi connectivity index (χ1v) is 10.5. The molecule has 1 atom stereocenters. The zero-order chi connectivity index (χ0) is 22.0. The van der Waals surface area contributed by atoms with E-state index in [1.54, 1.807) is 6.26 Å². The molecule has 0 unspecified atom stereocenters. The number of furan rings is 1. The van der Waals surface area contributed by atoms with Crippen LogP contribution in [0.5, 0.6) is 0 Å². The van der Waals surface area contributed by atoms with Gasteiger partial charge in [0.05, 0.1) is 6.26 Å². The molecule has 2 N–H and O–H groups in total. The Hall–Kier alpha value is -3.54. The number of carbonyl (C=O) groups is 2. The molecule has 0 fully saturated rings. The van der Waals surface area contributed by atoms with Crippen LogP contribution in [0.15, 0.2) is 59.2 Å². The van der Waals surface area contributed by atoms with Crippen molar-refractivity contribution < 1.29 is 14.0 Å². The quantitative estimate of drug-likeness (QED) is 0.614. The maximum atomic E-state index is 12.6. The van der Waals surface area contributed by atoms with Crippen molar-refractivity contribution in [3.63, 3.8) is 0 Å². The summed E-state index contributed by atoms with van der Waals surface area (Å²) >= 11 is 0. The molecule has 1 aromatic heterocycles. The number of rotatable bonds is 5. The molecule has 160 valence electrons. The van der Waals surface area contributed by atoms with Crippen molar-refractivity contribution in [2.45, 2.75) is 33.2 Å². The molecule has 1 aliphatic heterocycles. The smallest absolute Gasteiger partial charge is 0.313 e. The molecule has 2 aromatic carbocycles. The van der Waals surface area contributed by atoms with Crippen molar-refractivity contribution >= 4 is 23.2 Å². The number of fused-ring (bicyclic) bond motifs is 1. The molecule has 3 aromatic rings. The Balaban J connectivity index is 1.47. The topological polar surface area (TPSA) is 74.6 Å². The predicted molar refractivity (Wildman–Crippen MR) is 121 cm³/mol. The van der Waals surface area contributed by atoms with Gasteiger partial charge in [0.2, 0.25) is 0 Å². The highest BCUT2D eigenvalue weighted by Crippen LogP contribution is 2.35. The third-order valence-corrected chi connectivity index (χ3v) is 5.75. The number of benzene rings is 2. The fraction of sp³-hybridized carbons (Fsp3) is 0.280. The number of anilines is 2. The monoisotopic (exact) mass is 417 g/mol. The van der Waals surface area contributed by atoms with E-state index in [0.29, 0.717) is 5.69 Å². The Bertz CT molecular complexity index is 1080. The second-order valence-electron chi connectivity index (χ2n) is 8.04. The molecular formula is C25H27N3O3. The van der Waals surface area contributed by atoms with Crippen LogP contribution in [0.3, 0.4) is 0 Å². The highest BCUT2D eigenvalue weighted by molar-refractivity contribution is 6.39. The lowest BCUT2D eigenvalue weighted by atomic mass is 10.1. The Kier molecular flexibility index (Phi) is 5.80. The number of nitrogens with zero attached hydrogens (tertiary/aromatic N) is 1. The molecule has 31 heavy (non-hydrogen) atoms. The van der Waals surface area contributed by atoms with Gasteiger partial charge in [0.25, 0.3) is 0 Å². The zero-order valence-electron chi connectivity index (χ0n) is 18.1. The van der Waals surface area contributed by atoms with Crippen LogP contribution in [0, 0.1) is 20.8 Å². The van der Waals surface area contributed by atoms with Gasteiger partial charge < -0.3 is 20.0 Å². The lowest BCUT2D eigenvalue weighted by Crippen LogP contribution is -2.41. The first-order valence-electron chi connectivity index (χ1n) is 10.5. The van der Waals surface area contributed by atoms with E-state index in [1.807, 2.05) is 57.2 Å². The van der Waals surface area contributed by atoms with E-state index in [-0.39, 0.29) is 12.6 Å². The first-order chi connectivity index (χ1) is 14.9. The zero-order valence-corrected chi connectivity index (χ0v) is 18.1. The first kappa shape index (κ1) is 20.7. The second kappa shape index (κ2) is 8.68. The molecule has 2 heterocycles. The fourth-order valence-corrected chi connectivity index (χ4v) is 4.35. The van der Waals surface area contributed by atoms with E-state index < -0.39 is 11.8 Å². The maximum Gasteiger partial charge on any atom is 0.313 e. The number of carbonyl (C=O) groups excluding carboxylic acids is 2. The van der Waals surface area contributed by atoms with Gasteiger partial charge >= 0.3 is 11.8 Å². The summed E-state index contributed by atoms with van der Waals surface area (Å²) in [7, 11) is 0. The summed E-state index contributed by atoms with van der Waals surface area (Å²) < 4.78 is 5.66. The Labute approximate surface area is 182 Å². The largest absolute Gasteiger partial charge is 0.467 e. The van der Waals surface area contributed by atoms with Crippen LogP contribution in [0.25, 0.3) is 0 Å². The second-order valence-corrected chi connectivity index (χ2v) is 8.04. The molecule has 0 radical (unpaired) electrons. The van der Waals surface area contributed by atoms with Crippen LogP contribution >= 0.6 is 0 Å². The molecule has 0 saturated carbocycles. The van der Waals surface area contributed by atoms with Crippen molar-refractivity contribution in [1.82, 2.24) is 5.32 Å². The highest BCUT2D eigenvalue weighted by atomic mass is 16.3. The summed E-state index contributed by atoms with van der Waals surface area (Å²) in [6, 6.07) is 15.7. The Morgan fingerprint density at radius 2 is 1.77 bits per heavy atom. The third kappa shape index (κ3) is 4.33. The van der Waals surface area contributed by atoms with E-state index >= 15 is 0 Å². The number of hydrogen-bond acceptors (Lipinski definition) is 4. The predicted octanol–water partition coefficient (Wildman–Crippen LogP) is 4.06. The summed E-state index contributed by atoms with van der Waals surface area (Å²) in [5, 5.41) is 5.56. The van der Waals surface area contributed by atoms with Crippen molar-refractivity contribution in [2.75, 3.05) is 23.3 Å². The Morgan fingerprint density at radius 1 is 1.03 bits per heavy atom. The maximum absolute atomic E-state index is 12.6. The summed E-state index contributed by atoms with van der Waals surface area (Å²) in [5.41, 5.74) is 6.06. The SMILES string of the molecule is Cc1cc(C)c(NC(=O)C(=O)NC[C@H](c2ccco2)N2CCc3ccccc32)c(C)c1. The van der Waals surface area contributed by atoms with Crippen LogP contribution in [0.4, 0.5) is 11.4 Å². The van der Waals surface area contributed by atoms with Crippen LogP contribution in [0.1, 0.15) is 34.1 Å². The van der Waals surface area contributed by atoms with E-state index in [4.69, 9.17) is 4.42 Å². The van der Waals surface area contributed by atoms with Crippen LogP contribution < -0.4 is 15.5 Å². The van der Waals surface area contributed by atoms with Gasteiger partial charge in [0, 0.05) is 24.5 Å². The fourth-order valence-electron chi connectivity index (χ4n) is 4.35. The van der Waals surface area contributed by atoms with Crippen molar-refractivity contribution in [3.05, 3.63) is 82.8 Å².